The number of hydrogen-bond donors (Lipinski definition) is 1. The van der Waals surface area contributed by atoms with E-state index in [-0.39, 0.29) is 5.25 Å². The molecular weight excluding hydrogens is 210 g/mol. The minimum Gasteiger partial charge on any atom is -0.317 e. The van der Waals surface area contributed by atoms with Crippen molar-refractivity contribution in [1.29, 1.82) is 0 Å². The van der Waals surface area contributed by atoms with Crippen LogP contribution in [-0.4, -0.2) is 32.5 Å². The van der Waals surface area contributed by atoms with Gasteiger partial charge in [0.2, 0.25) is 0 Å². The topological polar surface area (TPSA) is 46.2 Å². The molecule has 0 unspecified atom stereocenters. The Morgan fingerprint density at radius 1 is 1.27 bits per heavy atom. The van der Waals surface area contributed by atoms with Crippen LogP contribution < -0.4 is 5.32 Å². The van der Waals surface area contributed by atoms with E-state index in [9.17, 15) is 8.42 Å². The molecule has 1 rings (SSSR count). The molecule has 0 radical (unpaired) electrons. The molecule has 4 heteroatoms. The van der Waals surface area contributed by atoms with Crippen molar-refractivity contribution in [3.8, 4) is 0 Å². The fourth-order valence-electron chi connectivity index (χ4n) is 1.98. The normalized spacial score (nSPS) is 19.7. The van der Waals surface area contributed by atoms with Crippen LogP contribution in [0.1, 0.15) is 39.5 Å². The first-order valence-corrected chi connectivity index (χ1v) is 7.66. The Labute approximate surface area is 93.6 Å². The second-order valence-corrected chi connectivity index (χ2v) is 7.43. The summed E-state index contributed by atoms with van der Waals surface area (Å²) in [5, 5.41) is 3.10. The molecule has 1 saturated heterocycles. The minimum absolute atomic E-state index is 0.217. The highest BCUT2D eigenvalue weighted by molar-refractivity contribution is 7.91. The van der Waals surface area contributed by atoms with Crippen molar-refractivity contribution in [1.82, 2.24) is 5.32 Å². The number of nitrogens with one attached hydrogen (secondary N) is 1. The molecular formula is C11H23NO2S. The zero-order valence-corrected chi connectivity index (χ0v) is 10.6. The third kappa shape index (κ3) is 4.51. The largest absolute Gasteiger partial charge is 0.317 e. The molecule has 1 aliphatic rings. The lowest BCUT2D eigenvalue weighted by atomic mass is 9.94. The van der Waals surface area contributed by atoms with Gasteiger partial charge in [0.25, 0.3) is 0 Å². The van der Waals surface area contributed by atoms with Gasteiger partial charge in [0.15, 0.2) is 9.84 Å². The van der Waals surface area contributed by atoms with Gasteiger partial charge in [-0.3, -0.25) is 0 Å². The zero-order valence-electron chi connectivity index (χ0n) is 9.83. The van der Waals surface area contributed by atoms with Crippen molar-refractivity contribution in [3.63, 3.8) is 0 Å². The molecule has 0 aromatic carbocycles. The van der Waals surface area contributed by atoms with Crippen molar-refractivity contribution in [2.24, 2.45) is 5.92 Å². The standard InChI is InChI=1S/C11H23NO2S/c1-10(2)15(13,14)9-3-4-11-5-7-12-8-6-11/h10-12H,3-9H2,1-2H3. The van der Waals surface area contributed by atoms with Crippen molar-refractivity contribution in [2.45, 2.75) is 44.8 Å². The fourth-order valence-corrected chi connectivity index (χ4v) is 3.02. The molecule has 1 heterocycles. The summed E-state index contributed by atoms with van der Waals surface area (Å²) >= 11 is 0. The summed E-state index contributed by atoms with van der Waals surface area (Å²) in [7, 11) is -2.81. The first-order chi connectivity index (χ1) is 7.02. The van der Waals surface area contributed by atoms with Gasteiger partial charge in [0.05, 0.1) is 11.0 Å². The van der Waals surface area contributed by atoms with Crippen molar-refractivity contribution >= 4 is 9.84 Å². The summed E-state index contributed by atoms with van der Waals surface area (Å²) < 4.78 is 23.1. The number of hydrogen-bond acceptors (Lipinski definition) is 3. The average Bonchev–Trinajstić information content (AvgIpc) is 2.19. The highest BCUT2D eigenvalue weighted by Gasteiger charge is 2.18. The Balaban J connectivity index is 2.20. The second-order valence-electron chi connectivity index (χ2n) is 4.75. The predicted molar refractivity (Wildman–Crippen MR) is 63.8 cm³/mol. The molecule has 1 N–H and O–H groups in total. The Hall–Kier alpha value is -0.0900. The van der Waals surface area contributed by atoms with Crippen LogP contribution >= 0.6 is 0 Å². The first kappa shape index (κ1) is 13.0. The molecule has 90 valence electrons. The predicted octanol–water partition coefficient (Wildman–Crippen LogP) is 1.59. The van der Waals surface area contributed by atoms with Gasteiger partial charge in [-0.1, -0.05) is 0 Å². The molecule has 0 spiro atoms. The fraction of sp³-hybridized carbons (Fsp3) is 1.00. The maximum absolute atomic E-state index is 11.6. The summed E-state index contributed by atoms with van der Waals surface area (Å²) in [5.41, 5.74) is 0. The molecule has 0 aromatic heterocycles. The highest BCUT2D eigenvalue weighted by Crippen LogP contribution is 2.18. The molecule has 0 bridgehead atoms. The molecule has 3 nitrogen and oxygen atoms in total. The quantitative estimate of drug-likeness (QED) is 0.784. The van der Waals surface area contributed by atoms with Gasteiger partial charge in [-0.15, -0.1) is 0 Å². The molecule has 0 atom stereocenters. The summed E-state index contributed by atoms with van der Waals surface area (Å²) in [6, 6.07) is 0. The maximum atomic E-state index is 11.6. The van der Waals surface area contributed by atoms with Crippen LogP contribution in [-0.2, 0) is 9.84 Å². The summed E-state index contributed by atoms with van der Waals surface area (Å²) in [6.07, 6.45) is 4.34. The lowest BCUT2D eigenvalue weighted by molar-refractivity contribution is 0.351. The maximum Gasteiger partial charge on any atom is 0.152 e. The molecule has 0 amide bonds. The molecule has 0 saturated carbocycles. The minimum atomic E-state index is -2.81. The summed E-state index contributed by atoms with van der Waals surface area (Å²) in [5.74, 6) is 1.11. The van der Waals surface area contributed by atoms with Gasteiger partial charge in [-0.2, -0.15) is 0 Å². The molecule has 0 aliphatic carbocycles. The summed E-state index contributed by atoms with van der Waals surface area (Å²) in [6.45, 7) is 5.73. The van der Waals surface area contributed by atoms with Crippen LogP contribution in [0.3, 0.4) is 0 Å². The smallest absolute Gasteiger partial charge is 0.152 e. The first-order valence-electron chi connectivity index (χ1n) is 5.94. The Kier molecular flexibility index (Phi) is 5.06. The third-order valence-electron chi connectivity index (χ3n) is 3.22. The van der Waals surface area contributed by atoms with Crippen LogP contribution in [0.15, 0.2) is 0 Å². The van der Waals surface area contributed by atoms with E-state index >= 15 is 0 Å². The highest BCUT2D eigenvalue weighted by atomic mass is 32.2. The van der Waals surface area contributed by atoms with Gasteiger partial charge in [-0.05, 0) is 58.5 Å². The Morgan fingerprint density at radius 2 is 1.87 bits per heavy atom. The SMILES string of the molecule is CC(C)S(=O)(=O)CCCC1CCNCC1. The molecule has 15 heavy (non-hydrogen) atoms. The van der Waals surface area contributed by atoms with E-state index in [1.54, 1.807) is 13.8 Å². The number of sulfone groups is 1. The van der Waals surface area contributed by atoms with E-state index in [0.717, 1.165) is 31.8 Å². The zero-order chi connectivity index (χ0) is 11.3. The van der Waals surface area contributed by atoms with E-state index in [1.807, 2.05) is 0 Å². The van der Waals surface area contributed by atoms with Gasteiger partial charge in [-0.25, -0.2) is 8.42 Å². The van der Waals surface area contributed by atoms with E-state index in [4.69, 9.17) is 0 Å². The second kappa shape index (κ2) is 5.85. The van der Waals surface area contributed by atoms with E-state index < -0.39 is 9.84 Å². The molecule has 0 aromatic rings. The lowest BCUT2D eigenvalue weighted by Gasteiger charge is -2.22. The van der Waals surface area contributed by atoms with Gasteiger partial charge in [0.1, 0.15) is 0 Å². The van der Waals surface area contributed by atoms with E-state index in [2.05, 4.69) is 5.32 Å². The number of rotatable bonds is 5. The van der Waals surface area contributed by atoms with E-state index in [1.165, 1.54) is 12.8 Å². The van der Waals surface area contributed by atoms with Crippen molar-refractivity contribution < 1.29 is 8.42 Å². The van der Waals surface area contributed by atoms with Crippen molar-refractivity contribution in [2.75, 3.05) is 18.8 Å². The van der Waals surface area contributed by atoms with Gasteiger partial charge >= 0.3 is 0 Å². The molecule has 1 aliphatic heterocycles. The van der Waals surface area contributed by atoms with Crippen molar-refractivity contribution in [3.05, 3.63) is 0 Å². The Bertz CT molecular complexity index is 266. The van der Waals surface area contributed by atoms with Crippen LogP contribution in [0.25, 0.3) is 0 Å². The van der Waals surface area contributed by atoms with E-state index in [0.29, 0.717) is 5.75 Å². The third-order valence-corrected chi connectivity index (χ3v) is 5.51. The van der Waals surface area contributed by atoms with Gasteiger partial charge < -0.3 is 5.32 Å². The Morgan fingerprint density at radius 3 is 2.40 bits per heavy atom. The monoisotopic (exact) mass is 233 g/mol. The van der Waals surface area contributed by atoms with Crippen LogP contribution in [0.2, 0.25) is 0 Å². The van der Waals surface area contributed by atoms with Crippen LogP contribution in [0, 0.1) is 5.92 Å². The lowest BCUT2D eigenvalue weighted by Crippen LogP contribution is -2.28. The summed E-state index contributed by atoms with van der Waals surface area (Å²) in [4.78, 5) is 0. The number of piperidine rings is 1. The average molecular weight is 233 g/mol. The van der Waals surface area contributed by atoms with Crippen LogP contribution in [0.4, 0.5) is 0 Å². The van der Waals surface area contributed by atoms with Gasteiger partial charge in [0, 0.05) is 0 Å². The van der Waals surface area contributed by atoms with Crippen LogP contribution in [0.5, 0.6) is 0 Å². The molecule has 1 fully saturated rings.